The summed E-state index contributed by atoms with van der Waals surface area (Å²) >= 11 is 12.9. The molecule has 2 aliphatic rings. The highest BCUT2D eigenvalue weighted by atomic mass is 35.5. The van der Waals surface area contributed by atoms with Crippen molar-refractivity contribution >= 4 is 34.9 Å². The lowest BCUT2D eigenvalue weighted by Crippen LogP contribution is -2.56. The van der Waals surface area contributed by atoms with E-state index in [0.29, 0.717) is 53.5 Å². The van der Waals surface area contributed by atoms with Crippen LogP contribution < -0.4 is 24.8 Å². The summed E-state index contributed by atoms with van der Waals surface area (Å²) in [6, 6.07) is 21.3. The number of anilines is 1. The zero-order valence-electron chi connectivity index (χ0n) is 30.6. The molecule has 0 bridgehead atoms. The maximum atomic E-state index is 15.6. The first-order valence-corrected chi connectivity index (χ1v) is 18.0. The third-order valence-electron chi connectivity index (χ3n) is 10.4. The standard InChI is InChI=1S/C40H47Cl2N5O4/c1-9-51-32-22-35(38(2,3)4)44-23-30(32)36-45-39(5,26-10-14-28(41)15-11-26)40(6,27-12-16-29(42)17-13-27)47(36)37(48)46-19-18-43-31-21-34(50-8)33(49-7)20-25(31)24-46/h10-17,20-23,36,43,45H,9,18-19,24H2,1-8H3/t36?,39-,40+/m0/s1. The van der Waals surface area contributed by atoms with Crippen molar-refractivity contribution in [3.63, 3.8) is 0 Å². The molecule has 0 saturated carbocycles. The summed E-state index contributed by atoms with van der Waals surface area (Å²) < 4.78 is 17.6. The summed E-state index contributed by atoms with van der Waals surface area (Å²) in [6.07, 6.45) is 1.21. The molecule has 3 heterocycles. The van der Waals surface area contributed by atoms with E-state index in [0.717, 1.165) is 33.6 Å². The molecule has 6 rings (SSSR count). The summed E-state index contributed by atoms with van der Waals surface area (Å²) in [4.78, 5) is 24.4. The van der Waals surface area contributed by atoms with Gasteiger partial charge >= 0.3 is 6.03 Å². The number of nitrogens with one attached hydrogen (secondary N) is 2. The molecule has 11 heteroatoms. The number of carbonyl (C=O) groups is 1. The Morgan fingerprint density at radius 1 is 0.922 bits per heavy atom. The van der Waals surface area contributed by atoms with Gasteiger partial charge in [0.05, 0.1) is 31.9 Å². The maximum Gasteiger partial charge on any atom is 0.322 e. The molecule has 51 heavy (non-hydrogen) atoms. The van der Waals surface area contributed by atoms with Crippen molar-refractivity contribution in [1.82, 2.24) is 20.1 Å². The van der Waals surface area contributed by atoms with Gasteiger partial charge in [0, 0.05) is 70.4 Å². The highest BCUT2D eigenvalue weighted by Gasteiger charge is 2.62. The van der Waals surface area contributed by atoms with Crippen LogP contribution in [0.3, 0.4) is 0 Å². The number of pyridine rings is 1. The molecule has 1 aromatic heterocycles. The van der Waals surface area contributed by atoms with E-state index in [1.807, 2.05) is 89.7 Å². The van der Waals surface area contributed by atoms with Gasteiger partial charge in [-0.15, -0.1) is 0 Å². The number of carbonyl (C=O) groups excluding carboxylic acids is 1. The molecule has 0 radical (unpaired) electrons. The third-order valence-corrected chi connectivity index (χ3v) is 10.9. The monoisotopic (exact) mass is 731 g/mol. The Labute approximate surface area is 311 Å². The first-order valence-electron chi connectivity index (χ1n) is 17.2. The van der Waals surface area contributed by atoms with Crippen LogP contribution in [0.5, 0.6) is 17.2 Å². The largest absolute Gasteiger partial charge is 0.493 e. The van der Waals surface area contributed by atoms with Gasteiger partial charge in [-0.25, -0.2) is 4.79 Å². The fraction of sp³-hybridized carbons (Fsp3) is 0.400. The second-order valence-electron chi connectivity index (χ2n) is 14.4. The summed E-state index contributed by atoms with van der Waals surface area (Å²) in [7, 11) is 3.23. The molecule has 4 aromatic rings. The Bertz CT molecular complexity index is 1900. The SMILES string of the molecule is CCOc1cc(C(C)(C)C)ncc1C1N[C@@](C)(c2ccc(Cl)cc2)[C@@](C)(c2ccc(Cl)cc2)N1C(=O)N1CCNc2cc(OC)c(OC)cc2C1. The van der Waals surface area contributed by atoms with E-state index >= 15 is 4.79 Å². The molecule has 0 spiro atoms. The fourth-order valence-corrected chi connectivity index (χ4v) is 7.58. The summed E-state index contributed by atoms with van der Waals surface area (Å²) in [5.74, 6) is 1.89. The van der Waals surface area contributed by atoms with Crippen molar-refractivity contribution in [2.75, 3.05) is 39.2 Å². The molecule has 270 valence electrons. The Balaban J connectivity index is 1.57. The van der Waals surface area contributed by atoms with E-state index in [9.17, 15) is 0 Å². The van der Waals surface area contributed by atoms with Crippen molar-refractivity contribution in [3.8, 4) is 17.2 Å². The molecule has 1 unspecified atom stereocenters. The molecule has 3 aromatic carbocycles. The summed E-state index contributed by atoms with van der Waals surface area (Å²) in [5.41, 5.74) is 3.31. The number of methoxy groups -OCH3 is 2. The molecule has 1 fully saturated rings. The lowest BCUT2D eigenvalue weighted by atomic mass is 9.71. The van der Waals surface area contributed by atoms with E-state index in [1.54, 1.807) is 14.2 Å². The van der Waals surface area contributed by atoms with Crippen LogP contribution in [0.2, 0.25) is 10.0 Å². The van der Waals surface area contributed by atoms with Crippen LogP contribution in [0.25, 0.3) is 0 Å². The van der Waals surface area contributed by atoms with Crippen LogP contribution in [0.15, 0.2) is 72.9 Å². The zero-order chi connectivity index (χ0) is 36.7. The maximum absolute atomic E-state index is 15.6. The van der Waals surface area contributed by atoms with E-state index in [4.69, 9.17) is 42.4 Å². The van der Waals surface area contributed by atoms with Gasteiger partial charge in [-0.2, -0.15) is 0 Å². The highest BCUT2D eigenvalue weighted by Crippen LogP contribution is 2.55. The Morgan fingerprint density at radius 3 is 2.12 bits per heavy atom. The lowest BCUT2D eigenvalue weighted by molar-refractivity contribution is 0.0746. The second kappa shape index (κ2) is 14.1. The molecule has 2 amide bonds. The van der Waals surface area contributed by atoms with E-state index < -0.39 is 17.2 Å². The topological polar surface area (TPSA) is 88.2 Å². The van der Waals surface area contributed by atoms with Gasteiger partial charge in [-0.05, 0) is 67.8 Å². The highest BCUT2D eigenvalue weighted by molar-refractivity contribution is 6.30. The van der Waals surface area contributed by atoms with Gasteiger partial charge in [-0.3, -0.25) is 15.2 Å². The predicted octanol–water partition coefficient (Wildman–Crippen LogP) is 8.88. The van der Waals surface area contributed by atoms with E-state index in [1.165, 1.54) is 0 Å². The molecule has 2 N–H and O–H groups in total. The molecule has 2 aliphatic heterocycles. The minimum Gasteiger partial charge on any atom is -0.493 e. The number of rotatable bonds is 7. The van der Waals surface area contributed by atoms with Crippen LogP contribution in [0.4, 0.5) is 10.5 Å². The minimum absolute atomic E-state index is 0.158. The van der Waals surface area contributed by atoms with Crippen molar-refractivity contribution in [2.24, 2.45) is 0 Å². The number of aromatic nitrogens is 1. The van der Waals surface area contributed by atoms with Crippen LogP contribution >= 0.6 is 23.2 Å². The van der Waals surface area contributed by atoms with Gasteiger partial charge < -0.3 is 24.4 Å². The molecule has 1 saturated heterocycles. The van der Waals surface area contributed by atoms with Crippen LogP contribution in [-0.2, 0) is 23.0 Å². The second-order valence-corrected chi connectivity index (χ2v) is 15.3. The molecule has 9 nitrogen and oxygen atoms in total. The van der Waals surface area contributed by atoms with Gasteiger partial charge in [0.1, 0.15) is 11.9 Å². The molecular formula is C40H47Cl2N5O4. The van der Waals surface area contributed by atoms with Crippen molar-refractivity contribution in [1.29, 1.82) is 0 Å². The number of benzene rings is 3. The summed E-state index contributed by atoms with van der Waals surface area (Å²) in [5, 5.41) is 8.68. The van der Waals surface area contributed by atoms with Crippen LogP contribution in [0.1, 0.15) is 75.7 Å². The van der Waals surface area contributed by atoms with Gasteiger partial charge in [0.25, 0.3) is 0 Å². The van der Waals surface area contributed by atoms with E-state index in [2.05, 4.69) is 45.3 Å². The Morgan fingerprint density at radius 2 is 1.53 bits per heavy atom. The van der Waals surface area contributed by atoms with Crippen LogP contribution in [-0.4, -0.2) is 54.7 Å². The number of hydrogen-bond acceptors (Lipinski definition) is 7. The van der Waals surface area contributed by atoms with Gasteiger partial charge in [-0.1, -0.05) is 68.2 Å². The number of nitrogens with zero attached hydrogens (tertiary/aromatic N) is 3. The quantitative estimate of drug-likeness (QED) is 0.196. The molecular weight excluding hydrogens is 685 g/mol. The van der Waals surface area contributed by atoms with Crippen LogP contribution in [0, 0.1) is 0 Å². The van der Waals surface area contributed by atoms with Crippen molar-refractivity contribution in [2.45, 2.75) is 70.7 Å². The van der Waals surface area contributed by atoms with Crippen molar-refractivity contribution in [3.05, 3.63) is 111 Å². The average molecular weight is 733 g/mol. The third kappa shape index (κ3) is 6.56. The number of hydrogen-bond donors (Lipinski definition) is 2. The molecule has 0 aliphatic carbocycles. The zero-order valence-corrected chi connectivity index (χ0v) is 32.1. The van der Waals surface area contributed by atoms with E-state index in [-0.39, 0.29) is 11.4 Å². The smallest absolute Gasteiger partial charge is 0.322 e. The number of amides is 2. The first-order chi connectivity index (χ1) is 24.2. The van der Waals surface area contributed by atoms with Crippen molar-refractivity contribution < 1.29 is 19.0 Å². The van der Waals surface area contributed by atoms with Gasteiger partial charge in [0.15, 0.2) is 11.5 Å². The molecule has 3 atom stereocenters. The number of ether oxygens (including phenoxy) is 3. The fourth-order valence-electron chi connectivity index (χ4n) is 7.33. The minimum atomic E-state index is -0.973. The summed E-state index contributed by atoms with van der Waals surface area (Å²) in [6.45, 7) is 14.4. The number of halogens is 2. The average Bonchev–Trinajstić information content (AvgIpc) is 3.21. The Kier molecular flexibility index (Phi) is 10.1. The predicted molar refractivity (Wildman–Crippen MR) is 203 cm³/mol. The lowest BCUT2D eigenvalue weighted by Gasteiger charge is -2.47. The van der Waals surface area contributed by atoms with Gasteiger partial charge in [0.2, 0.25) is 0 Å². The normalized spacial score (nSPS) is 21.8. The number of fused-ring (bicyclic) bond motifs is 1. The first kappa shape index (κ1) is 36.6. The number of urea groups is 1. The Hall–Kier alpha value is -4.18.